The van der Waals surface area contributed by atoms with E-state index < -0.39 is 16.1 Å². The average Bonchev–Trinajstić information content (AvgIpc) is 3.37. The summed E-state index contributed by atoms with van der Waals surface area (Å²) in [6, 6.07) is 12.9. The Morgan fingerprint density at radius 1 is 1.17 bits per heavy atom. The molecule has 0 aliphatic carbocycles. The van der Waals surface area contributed by atoms with Crippen LogP contribution in [-0.2, 0) is 14.8 Å². The van der Waals surface area contributed by atoms with Crippen LogP contribution in [-0.4, -0.2) is 23.9 Å². The topological polar surface area (TPSA) is 93.1 Å². The molecule has 0 spiro atoms. The number of amides is 1. The van der Waals surface area contributed by atoms with Crippen LogP contribution >= 0.6 is 22.9 Å². The van der Waals surface area contributed by atoms with E-state index in [0.29, 0.717) is 15.8 Å². The van der Waals surface area contributed by atoms with Crippen molar-refractivity contribution in [2.24, 2.45) is 0 Å². The smallest absolute Gasteiger partial charge is 0.263 e. The molecule has 4 aromatic rings. The van der Waals surface area contributed by atoms with E-state index in [0.717, 1.165) is 10.9 Å². The molecule has 2 aromatic heterocycles. The Kier molecular flexibility index (Phi) is 5.50. The molecule has 0 radical (unpaired) electrons. The molecule has 7 nitrogen and oxygen atoms in total. The van der Waals surface area contributed by atoms with Gasteiger partial charge in [0.25, 0.3) is 10.0 Å². The van der Waals surface area contributed by atoms with Crippen LogP contribution in [0.3, 0.4) is 0 Å². The number of benzene rings is 2. The molecule has 0 aliphatic rings. The molecule has 1 unspecified atom stereocenters. The van der Waals surface area contributed by atoms with Crippen LogP contribution in [0.15, 0.2) is 71.2 Å². The zero-order valence-electron chi connectivity index (χ0n) is 15.7. The molecule has 0 saturated carbocycles. The summed E-state index contributed by atoms with van der Waals surface area (Å²) in [5.74, 6) is -0.232. The van der Waals surface area contributed by atoms with E-state index >= 15 is 0 Å². The van der Waals surface area contributed by atoms with Crippen molar-refractivity contribution in [3.63, 3.8) is 0 Å². The minimum absolute atomic E-state index is 0.0785. The summed E-state index contributed by atoms with van der Waals surface area (Å²) < 4.78 is 29.1. The highest BCUT2D eigenvalue weighted by atomic mass is 35.5. The molecule has 2 heterocycles. The Morgan fingerprint density at radius 3 is 2.63 bits per heavy atom. The van der Waals surface area contributed by atoms with Gasteiger partial charge in [-0.15, -0.1) is 11.3 Å². The van der Waals surface area contributed by atoms with E-state index in [4.69, 9.17) is 11.6 Å². The summed E-state index contributed by atoms with van der Waals surface area (Å²) in [4.78, 5) is 16.7. The number of aromatic nitrogens is 2. The van der Waals surface area contributed by atoms with Gasteiger partial charge in [0.05, 0.1) is 10.4 Å². The molecule has 0 aliphatic heterocycles. The maximum absolute atomic E-state index is 12.7. The zero-order valence-corrected chi connectivity index (χ0v) is 18.1. The van der Waals surface area contributed by atoms with Crippen LogP contribution in [0.1, 0.15) is 13.0 Å². The fourth-order valence-corrected chi connectivity index (χ4v) is 4.95. The molecule has 1 atom stereocenters. The number of carbonyl (C=O) groups excluding carboxylic acids is 1. The highest BCUT2D eigenvalue weighted by molar-refractivity contribution is 7.93. The van der Waals surface area contributed by atoms with Gasteiger partial charge in [-0.25, -0.2) is 13.4 Å². The van der Waals surface area contributed by atoms with Gasteiger partial charge in [0.1, 0.15) is 6.04 Å². The van der Waals surface area contributed by atoms with E-state index in [2.05, 4.69) is 15.0 Å². The van der Waals surface area contributed by atoms with Gasteiger partial charge in [-0.05, 0) is 54.8 Å². The molecule has 0 fully saturated rings. The standard InChI is InChI=1S/C20H17ClN4O3S2/c1-13(25-10-8-14-2-3-15(21)12-18(14)25)19(26)23-16-4-6-17(7-5-16)30(27,28)24-20-22-9-11-29-20/h2-13H,1H3,(H,22,24)(H,23,26). The molecular formula is C20H17ClN4O3S2. The van der Waals surface area contributed by atoms with Crippen molar-refractivity contribution in [3.8, 4) is 0 Å². The van der Waals surface area contributed by atoms with Crippen molar-refractivity contribution in [1.29, 1.82) is 0 Å². The molecule has 1 amide bonds. The molecule has 0 saturated heterocycles. The van der Waals surface area contributed by atoms with Crippen molar-refractivity contribution in [2.75, 3.05) is 10.0 Å². The first kappa shape index (κ1) is 20.4. The van der Waals surface area contributed by atoms with Crippen molar-refractivity contribution >= 4 is 60.6 Å². The monoisotopic (exact) mass is 460 g/mol. The second-order valence-corrected chi connectivity index (χ2v) is 9.57. The molecule has 2 N–H and O–H groups in total. The number of sulfonamides is 1. The largest absolute Gasteiger partial charge is 0.335 e. The maximum atomic E-state index is 12.7. The fourth-order valence-electron chi connectivity index (χ4n) is 3.00. The van der Waals surface area contributed by atoms with Crippen molar-refractivity contribution < 1.29 is 13.2 Å². The first-order valence-electron chi connectivity index (χ1n) is 8.93. The first-order chi connectivity index (χ1) is 14.3. The molecule has 30 heavy (non-hydrogen) atoms. The van der Waals surface area contributed by atoms with Gasteiger partial charge in [0.2, 0.25) is 5.91 Å². The quantitative estimate of drug-likeness (QED) is 0.434. The predicted octanol–water partition coefficient (Wildman–Crippen LogP) is 4.75. The summed E-state index contributed by atoms with van der Waals surface area (Å²) in [6.07, 6.45) is 3.36. The van der Waals surface area contributed by atoms with Gasteiger partial charge >= 0.3 is 0 Å². The van der Waals surface area contributed by atoms with Gasteiger partial charge in [-0.3, -0.25) is 9.52 Å². The summed E-state index contributed by atoms with van der Waals surface area (Å²) in [5, 5.41) is 6.37. The number of rotatable bonds is 6. The fraction of sp³-hybridized carbons (Fsp3) is 0.100. The van der Waals surface area contributed by atoms with Gasteiger partial charge in [-0.2, -0.15) is 0 Å². The second kappa shape index (κ2) is 8.10. The molecule has 10 heteroatoms. The minimum Gasteiger partial charge on any atom is -0.335 e. The lowest BCUT2D eigenvalue weighted by Gasteiger charge is -2.16. The number of thiazole rings is 1. The number of fused-ring (bicyclic) bond motifs is 1. The van der Waals surface area contributed by atoms with Crippen LogP contribution in [0.25, 0.3) is 10.9 Å². The van der Waals surface area contributed by atoms with E-state index in [-0.39, 0.29) is 10.8 Å². The lowest BCUT2D eigenvalue weighted by Crippen LogP contribution is -2.23. The van der Waals surface area contributed by atoms with E-state index in [9.17, 15) is 13.2 Å². The van der Waals surface area contributed by atoms with E-state index in [1.165, 1.54) is 29.7 Å². The van der Waals surface area contributed by atoms with Crippen LogP contribution in [0, 0.1) is 0 Å². The zero-order chi connectivity index (χ0) is 21.3. The number of hydrogen-bond acceptors (Lipinski definition) is 5. The Labute approximate surface area is 182 Å². The Balaban J connectivity index is 1.48. The van der Waals surface area contributed by atoms with Crippen LogP contribution < -0.4 is 10.0 Å². The first-order valence-corrected chi connectivity index (χ1v) is 11.7. The number of halogens is 1. The van der Waals surface area contributed by atoms with Gasteiger partial charge < -0.3 is 9.88 Å². The lowest BCUT2D eigenvalue weighted by molar-refractivity contribution is -0.118. The van der Waals surface area contributed by atoms with Crippen LogP contribution in [0.5, 0.6) is 0 Å². The van der Waals surface area contributed by atoms with Crippen molar-refractivity contribution in [2.45, 2.75) is 17.9 Å². The number of anilines is 2. The average molecular weight is 461 g/mol. The van der Waals surface area contributed by atoms with Gasteiger partial charge in [-0.1, -0.05) is 17.7 Å². The Morgan fingerprint density at radius 2 is 1.93 bits per heavy atom. The highest BCUT2D eigenvalue weighted by Gasteiger charge is 2.18. The lowest BCUT2D eigenvalue weighted by atomic mass is 10.2. The Hall–Kier alpha value is -2.88. The van der Waals surface area contributed by atoms with Crippen LogP contribution in [0.2, 0.25) is 5.02 Å². The number of carbonyl (C=O) groups is 1. The third-order valence-electron chi connectivity index (χ3n) is 4.57. The van der Waals surface area contributed by atoms with E-state index in [1.807, 2.05) is 29.0 Å². The molecule has 2 aromatic carbocycles. The molecular weight excluding hydrogens is 444 g/mol. The number of hydrogen-bond donors (Lipinski definition) is 2. The number of nitrogens with zero attached hydrogens (tertiary/aromatic N) is 2. The predicted molar refractivity (Wildman–Crippen MR) is 120 cm³/mol. The summed E-state index contributed by atoms with van der Waals surface area (Å²) in [7, 11) is -3.74. The van der Waals surface area contributed by atoms with E-state index in [1.54, 1.807) is 30.5 Å². The molecule has 0 bridgehead atoms. The third kappa shape index (κ3) is 4.18. The maximum Gasteiger partial charge on any atom is 0.263 e. The summed E-state index contributed by atoms with van der Waals surface area (Å²) in [5.41, 5.74) is 1.36. The second-order valence-electron chi connectivity index (χ2n) is 6.56. The summed E-state index contributed by atoms with van der Waals surface area (Å²) >= 11 is 7.28. The molecule has 4 rings (SSSR count). The summed E-state index contributed by atoms with van der Waals surface area (Å²) in [6.45, 7) is 1.78. The van der Waals surface area contributed by atoms with Gasteiger partial charge in [0.15, 0.2) is 5.13 Å². The minimum atomic E-state index is -3.74. The van der Waals surface area contributed by atoms with Crippen molar-refractivity contribution in [3.05, 3.63) is 71.3 Å². The van der Waals surface area contributed by atoms with Gasteiger partial charge in [0, 0.05) is 28.5 Å². The normalized spacial score (nSPS) is 12.6. The SMILES string of the molecule is CC(C(=O)Nc1ccc(S(=O)(=O)Nc2nccs2)cc1)n1ccc2ccc(Cl)cc21. The third-order valence-corrected chi connectivity index (χ3v) is 6.98. The van der Waals surface area contributed by atoms with Crippen LogP contribution in [0.4, 0.5) is 10.8 Å². The number of nitrogens with one attached hydrogen (secondary N) is 2. The Bertz CT molecular complexity index is 1300. The highest BCUT2D eigenvalue weighted by Crippen LogP contribution is 2.25. The molecule has 154 valence electrons. The van der Waals surface area contributed by atoms with Crippen molar-refractivity contribution in [1.82, 2.24) is 9.55 Å².